The Bertz CT molecular complexity index is 2320. The fourth-order valence-corrected chi connectivity index (χ4v) is 10.4. The number of rotatable bonds is 14. The predicted octanol–water partition coefficient (Wildman–Crippen LogP) is 3.71. The first-order valence-corrected chi connectivity index (χ1v) is 22.8. The van der Waals surface area contributed by atoms with Crippen molar-refractivity contribution >= 4 is 53.2 Å². The number of carbonyl (C=O) groups is 6. The van der Waals surface area contributed by atoms with E-state index in [1.807, 2.05) is 11.0 Å². The minimum absolute atomic E-state index is 0.0468. The third-order valence-corrected chi connectivity index (χ3v) is 14.0. The van der Waals surface area contributed by atoms with Gasteiger partial charge in [0.2, 0.25) is 23.6 Å². The summed E-state index contributed by atoms with van der Waals surface area (Å²) >= 11 is 0. The maximum Gasteiger partial charge on any atom is 0.264 e. The average Bonchev–Trinajstić information content (AvgIpc) is 3.54. The lowest BCUT2D eigenvalue weighted by Crippen LogP contribution is -2.54. The van der Waals surface area contributed by atoms with Crippen molar-refractivity contribution in [2.24, 2.45) is 5.92 Å². The van der Waals surface area contributed by atoms with Crippen LogP contribution in [0.5, 0.6) is 0 Å². The molecule has 6 amide bonds. The van der Waals surface area contributed by atoms with Crippen LogP contribution >= 0.6 is 0 Å². The van der Waals surface area contributed by atoms with Crippen LogP contribution in [0.3, 0.4) is 0 Å². The second kappa shape index (κ2) is 19.3. The first-order valence-electron chi connectivity index (χ1n) is 22.8. The predicted molar refractivity (Wildman–Crippen MR) is 238 cm³/mol. The van der Waals surface area contributed by atoms with Crippen LogP contribution in [0.15, 0.2) is 41.6 Å². The molecule has 2 aromatic rings. The number of nitrogens with zero attached hydrogens (tertiary/aromatic N) is 5. The molecule has 0 bridgehead atoms. The maximum atomic E-state index is 14.6. The van der Waals surface area contributed by atoms with E-state index in [0.29, 0.717) is 105 Å². The van der Waals surface area contributed by atoms with Crippen LogP contribution < -0.4 is 20.9 Å². The third-order valence-electron chi connectivity index (χ3n) is 14.0. The minimum Gasteiger partial charge on any atom is -0.385 e. The first-order chi connectivity index (χ1) is 31.3. The molecule has 346 valence electrons. The van der Waals surface area contributed by atoms with E-state index in [0.717, 1.165) is 42.1 Å². The molecule has 0 saturated carbocycles. The van der Waals surface area contributed by atoms with Crippen LogP contribution in [-0.2, 0) is 32.1 Å². The molecule has 6 heterocycles. The molecule has 0 aliphatic carbocycles. The molecule has 3 fully saturated rings. The summed E-state index contributed by atoms with van der Waals surface area (Å²) in [5.41, 5.74) is 4.50. The summed E-state index contributed by atoms with van der Waals surface area (Å²) < 4.78 is 29.1. The van der Waals surface area contributed by atoms with E-state index < -0.39 is 42.0 Å². The van der Waals surface area contributed by atoms with Gasteiger partial charge in [-0.2, -0.15) is 0 Å². The summed E-state index contributed by atoms with van der Waals surface area (Å²) in [6.45, 7) is 6.16. The molecule has 65 heavy (non-hydrogen) atoms. The van der Waals surface area contributed by atoms with Crippen LogP contribution in [0, 0.1) is 16.7 Å². The maximum absolute atomic E-state index is 14.6. The Balaban J connectivity index is 0.849. The zero-order valence-corrected chi connectivity index (χ0v) is 37.0. The van der Waals surface area contributed by atoms with Crippen LogP contribution in [0.25, 0.3) is 0 Å². The highest BCUT2D eigenvalue weighted by Crippen LogP contribution is 2.39. The van der Waals surface area contributed by atoms with E-state index in [1.165, 1.54) is 19.2 Å². The molecule has 6 aliphatic rings. The number of likely N-dealkylation sites (N-methyl/N-ethyl adjacent to an activating group) is 1. The van der Waals surface area contributed by atoms with Crippen molar-refractivity contribution in [2.75, 3.05) is 64.3 Å². The number of piperidine rings is 2. The molecule has 6 aliphatic heterocycles. The van der Waals surface area contributed by atoms with Crippen LogP contribution in [0.2, 0.25) is 0 Å². The van der Waals surface area contributed by atoms with Gasteiger partial charge in [0.25, 0.3) is 18.2 Å². The summed E-state index contributed by atoms with van der Waals surface area (Å²) in [5.74, 6) is -2.13. The summed E-state index contributed by atoms with van der Waals surface area (Å²) in [6, 6.07) is 7.45. The highest BCUT2D eigenvalue weighted by molar-refractivity contribution is 6.24. The van der Waals surface area contributed by atoms with E-state index in [1.54, 1.807) is 35.0 Å². The molecular formula is C47H58F2N10O6. The third kappa shape index (κ3) is 9.32. The van der Waals surface area contributed by atoms with Gasteiger partial charge in [0.15, 0.2) is 0 Å². The zero-order chi connectivity index (χ0) is 46.1. The number of likely N-dealkylation sites (tertiary alicyclic amines) is 2. The van der Waals surface area contributed by atoms with Crippen molar-refractivity contribution < 1.29 is 37.5 Å². The van der Waals surface area contributed by atoms with Gasteiger partial charge in [-0.25, -0.2) is 8.78 Å². The highest BCUT2D eigenvalue weighted by Gasteiger charge is 2.46. The smallest absolute Gasteiger partial charge is 0.264 e. The molecule has 0 spiro atoms. The normalized spacial score (nSPS) is 21.3. The van der Waals surface area contributed by atoms with E-state index >= 15 is 0 Å². The number of amides is 6. The number of hydrogen-bond acceptors (Lipinski definition) is 11. The number of benzene rings is 2. The molecule has 2 aromatic carbocycles. The lowest BCUT2D eigenvalue weighted by atomic mass is 9.88. The van der Waals surface area contributed by atoms with Gasteiger partial charge in [-0.05, 0) is 80.3 Å². The van der Waals surface area contributed by atoms with Crippen molar-refractivity contribution in [3.63, 3.8) is 0 Å². The molecule has 0 radical (unpaired) electrons. The molecular weight excluding hydrogens is 839 g/mol. The Labute approximate surface area is 377 Å². The monoisotopic (exact) mass is 896 g/mol. The molecule has 18 heteroatoms. The van der Waals surface area contributed by atoms with E-state index in [2.05, 4.69) is 20.9 Å². The van der Waals surface area contributed by atoms with E-state index in [4.69, 9.17) is 5.41 Å². The van der Waals surface area contributed by atoms with Crippen molar-refractivity contribution in [2.45, 2.75) is 95.7 Å². The van der Waals surface area contributed by atoms with E-state index in [-0.39, 0.29) is 54.2 Å². The van der Waals surface area contributed by atoms with Crippen molar-refractivity contribution in [3.05, 3.63) is 75.0 Å². The average molecular weight is 897 g/mol. The first kappa shape index (κ1) is 45.7. The van der Waals surface area contributed by atoms with Crippen LogP contribution in [0.4, 0.5) is 14.5 Å². The number of aryl methyl sites for hydroxylation is 1. The molecule has 0 aromatic heterocycles. The number of hydrogen-bond donors (Lipinski definition) is 5. The Morgan fingerprint density at radius 1 is 0.954 bits per heavy atom. The van der Waals surface area contributed by atoms with Crippen LogP contribution in [0.1, 0.15) is 114 Å². The lowest BCUT2D eigenvalue weighted by Gasteiger charge is -2.40. The van der Waals surface area contributed by atoms with Gasteiger partial charge in [-0.3, -0.25) is 49.3 Å². The summed E-state index contributed by atoms with van der Waals surface area (Å²) in [4.78, 5) is 85.6. The number of alkyl halides is 2. The van der Waals surface area contributed by atoms with Crippen LogP contribution in [-0.4, -0.2) is 139 Å². The second-order valence-electron chi connectivity index (χ2n) is 18.2. The molecule has 2 unspecified atom stereocenters. The zero-order valence-electron chi connectivity index (χ0n) is 37.0. The topological polar surface area (TPSA) is 202 Å². The minimum atomic E-state index is -2.76. The Morgan fingerprint density at radius 2 is 1.72 bits per heavy atom. The van der Waals surface area contributed by atoms with Gasteiger partial charge in [-0.15, -0.1) is 0 Å². The Hall–Kier alpha value is -5.88. The fourth-order valence-electron chi connectivity index (χ4n) is 10.4. The summed E-state index contributed by atoms with van der Waals surface area (Å²) in [6.07, 6.45) is 3.06. The Morgan fingerprint density at radius 3 is 2.42 bits per heavy atom. The lowest BCUT2D eigenvalue weighted by molar-refractivity contribution is -0.136. The van der Waals surface area contributed by atoms with Gasteiger partial charge in [0, 0.05) is 119 Å². The second-order valence-corrected chi connectivity index (χ2v) is 18.2. The summed E-state index contributed by atoms with van der Waals surface area (Å²) in [5, 5.41) is 26.3. The van der Waals surface area contributed by atoms with Crippen molar-refractivity contribution in [1.82, 2.24) is 35.6 Å². The van der Waals surface area contributed by atoms with Gasteiger partial charge in [0.1, 0.15) is 11.9 Å². The number of halogens is 2. The van der Waals surface area contributed by atoms with Gasteiger partial charge in [-0.1, -0.05) is 18.2 Å². The number of amidine groups is 1. The van der Waals surface area contributed by atoms with Gasteiger partial charge in [0.05, 0.1) is 17.7 Å². The van der Waals surface area contributed by atoms with Gasteiger partial charge < -0.3 is 30.7 Å². The standard InChI is InChI=1S/C47H58F2N10O6/c1-27(60)57-18-14-37(36(26-57)44(51)58-15-4-6-29-19-34(31(21-50)22-52-2)35(43(48)49)20-39(29)58)53-32-12-16-56(17-13-32)41(62)11-8-28-23-55(24-28)25-30-5-3-7-33-42(30)47(65)59(46(33)64)38-9-10-40(61)54-45(38)63/h3,5,7,19-21,28,31-32,38,43,50-53H,4,6,8-18,22-26H2,1-2H3,(H,54,61,63). The summed E-state index contributed by atoms with van der Waals surface area (Å²) in [7, 11) is 1.73. The quantitative estimate of drug-likeness (QED) is 0.106. The molecule has 16 nitrogen and oxygen atoms in total. The number of imide groups is 2. The molecule has 5 N–H and O–H groups in total. The van der Waals surface area contributed by atoms with Gasteiger partial charge >= 0.3 is 0 Å². The number of fused-ring (bicyclic) bond motifs is 2. The van der Waals surface area contributed by atoms with Crippen molar-refractivity contribution in [1.29, 1.82) is 10.8 Å². The molecule has 3 saturated heterocycles. The van der Waals surface area contributed by atoms with E-state index in [9.17, 15) is 43.0 Å². The molecule has 2 atom stereocenters. The van der Waals surface area contributed by atoms with Crippen molar-refractivity contribution in [3.8, 4) is 0 Å². The highest BCUT2D eigenvalue weighted by atomic mass is 19.3. The number of carbonyl (C=O) groups excluding carboxylic acids is 6. The SMILES string of the molecule is CNCC(C=N)c1cc2c(cc1C(F)F)N(C(=N)C1=C(NC3CCN(C(=O)CCC4CN(Cc5cccc6c5C(=O)N(C5CCC(=O)NC5=O)C6=O)C4)CC3)CCN(C(C)=O)C1)CCC2. The Kier molecular flexibility index (Phi) is 13.6. The number of nitrogens with one attached hydrogen (secondary N) is 5. The fraction of sp³-hybridized carbons (Fsp3) is 0.532. The number of anilines is 1. The molecule has 8 rings (SSSR count). The largest absolute Gasteiger partial charge is 0.385 e.